The molecule has 0 bridgehead atoms. The van der Waals surface area contributed by atoms with Gasteiger partial charge < -0.3 is 10.1 Å². The highest BCUT2D eigenvalue weighted by molar-refractivity contribution is 6.30. The monoisotopic (exact) mass is 297 g/mol. The van der Waals surface area contributed by atoms with Gasteiger partial charge in [-0.3, -0.25) is 4.79 Å². The molecule has 0 saturated heterocycles. The van der Waals surface area contributed by atoms with Crippen LogP contribution >= 0.6 is 11.6 Å². The van der Waals surface area contributed by atoms with Crippen molar-refractivity contribution in [1.29, 1.82) is 0 Å². The summed E-state index contributed by atoms with van der Waals surface area (Å²) in [5.41, 5.74) is 0.229. The van der Waals surface area contributed by atoms with Crippen molar-refractivity contribution in [2.24, 2.45) is 10.8 Å². The number of hydrogen-bond acceptors (Lipinski definition) is 2. The van der Waals surface area contributed by atoms with E-state index in [1.54, 1.807) is 18.2 Å². The van der Waals surface area contributed by atoms with E-state index in [1.165, 1.54) is 0 Å². The highest BCUT2D eigenvalue weighted by Crippen LogP contribution is 2.31. The molecule has 0 radical (unpaired) electrons. The van der Waals surface area contributed by atoms with Crippen LogP contribution in [0, 0.1) is 10.8 Å². The van der Waals surface area contributed by atoms with Crippen molar-refractivity contribution in [3.8, 4) is 5.75 Å². The second-order valence-corrected chi connectivity index (χ2v) is 7.63. The van der Waals surface area contributed by atoms with Crippen molar-refractivity contribution in [3.63, 3.8) is 0 Å². The Morgan fingerprint density at radius 1 is 1.20 bits per heavy atom. The van der Waals surface area contributed by atoms with Gasteiger partial charge in [0.05, 0.1) is 12.3 Å². The fourth-order valence-electron chi connectivity index (χ4n) is 1.32. The first-order chi connectivity index (χ1) is 8.99. The molecule has 0 spiro atoms. The van der Waals surface area contributed by atoms with Gasteiger partial charge in [-0.2, -0.15) is 0 Å². The van der Waals surface area contributed by atoms with Crippen LogP contribution in [-0.4, -0.2) is 12.5 Å². The number of benzene rings is 1. The van der Waals surface area contributed by atoms with Gasteiger partial charge in [-0.05, 0) is 17.5 Å². The Morgan fingerprint density at radius 2 is 1.80 bits per heavy atom. The number of ether oxygens (including phenoxy) is 1. The van der Waals surface area contributed by atoms with Gasteiger partial charge in [-0.1, -0.05) is 53.1 Å². The third-order valence-electron chi connectivity index (χ3n) is 2.53. The fourth-order valence-corrected chi connectivity index (χ4v) is 1.49. The van der Waals surface area contributed by atoms with Crippen molar-refractivity contribution < 1.29 is 9.53 Å². The van der Waals surface area contributed by atoms with Crippen LogP contribution in [0.25, 0.3) is 0 Å². The molecular formula is C16H24ClNO2. The zero-order valence-corrected chi connectivity index (χ0v) is 13.9. The summed E-state index contributed by atoms with van der Waals surface area (Å²) >= 11 is 6.00. The number of halogens is 1. The molecule has 1 rings (SSSR count). The summed E-state index contributed by atoms with van der Waals surface area (Å²) in [6.07, 6.45) is 0. The first kappa shape index (κ1) is 16.8. The van der Waals surface area contributed by atoms with Gasteiger partial charge in [0.25, 0.3) is 0 Å². The van der Waals surface area contributed by atoms with Crippen LogP contribution in [0.1, 0.15) is 41.5 Å². The minimum absolute atomic E-state index is 0.0353. The van der Waals surface area contributed by atoms with E-state index >= 15 is 0 Å². The van der Waals surface area contributed by atoms with Crippen LogP contribution in [0.15, 0.2) is 18.2 Å². The topological polar surface area (TPSA) is 38.3 Å². The lowest BCUT2D eigenvalue weighted by atomic mass is 9.95. The number of hydrogen-bond donors (Lipinski definition) is 1. The molecule has 0 saturated carbocycles. The van der Waals surface area contributed by atoms with E-state index in [0.29, 0.717) is 23.1 Å². The Kier molecular flexibility index (Phi) is 5.09. The number of anilines is 1. The van der Waals surface area contributed by atoms with Crippen molar-refractivity contribution in [2.75, 3.05) is 11.9 Å². The summed E-state index contributed by atoms with van der Waals surface area (Å²) in [5, 5.41) is 3.48. The molecule has 0 unspecified atom stereocenters. The molecule has 112 valence electrons. The third-order valence-corrected chi connectivity index (χ3v) is 2.77. The van der Waals surface area contributed by atoms with E-state index in [-0.39, 0.29) is 11.3 Å². The van der Waals surface area contributed by atoms with Crippen LogP contribution in [0.2, 0.25) is 5.02 Å². The van der Waals surface area contributed by atoms with Gasteiger partial charge in [-0.25, -0.2) is 0 Å². The zero-order valence-electron chi connectivity index (χ0n) is 13.1. The van der Waals surface area contributed by atoms with Gasteiger partial charge in [0.2, 0.25) is 5.91 Å². The third kappa shape index (κ3) is 5.41. The van der Waals surface area contributed by atoms with E-state index in [4.69, 9.17) is 16.3 Å². The highest BCUT2D eigenvalue weighted by Gasteiger charge is 2.22. The standard InChI is InChI=1S/C16H24ClNO2/c1-15(2,3)10-20-13-9-11(17)7-8-12(13)18-14(19)16(4,5)6/h7-9H,10H2,1-6H3,(H,18,19). The molecule has 0 atom stereocenters. The summed E-state index contributed by atoms with van der Waals surface area (Å²) < 4.78 is 5.80. The van der Waals surface area contributed by atoms with Gasteiger partial charge >= 0.3 is 0 Å². The summed E-state index contributed by atoms with van der Waals surface area (Å²) in [6.45, 7) is 12.4. The van der Waals surface area contributed by atoms with E-state index < -0.39 is 5.41 Å². The average molecular weight is 298 g/mol. The van der Waals surface area contributed by atoms with Gasteiger partial charge in [-0.15, -0.1) is 0 Å². The average Bonchev–Trinajstić information content (AvgIpc) is 2.27. The van der Waals surface area contributed by atoms with E-state index in [1.807, 2.05) is 20.8 Å². The second kappa shape index (κ2) is 6.04. The smallest absolute Gasteiger partial charge is 0.229 e. The predicted octanol–water partition coefficient (Wildman–Crippen LogP) is 4.75. The van der Waals surface area contributed by atoms with Crippen LogP contribution in [-0.2, 0) is 4.79 Å². The van der Waals surface area contributed by atoms with Crippen molar-refractivity contribution >= 4 is 23.2 Å². The Bertz CT molecular complexity index is 484. The predicted molar refractivity (Wildman–Crippen MR) is 84.5 cm³/mol. The molecule has 4 heteroatoms. The van der Waals surface area contributed by atoms with E-state index in [9.17, 15) is 4.79 Å². The van der Waals surface area contributed by atoms with Crippen LogP contribution < -0.4 is 10.1 Å². The first-order valence-corrected chi connectivity index (χ1v) is 7.11. The maximum atomic E-state index is 12.1. The summed E-state index contributed by atoms with van der Waals surface area (Å²) in [7, 11) is 0. The highest BCUT2D eigenvalue weighted by atomic mass is 35.5. The number of carbonyl (C=O) groups is 1. The minimum Gasteiger partial charge on any atom is -0.491 e. The molecule has 20 heavy (non-hydrogen) atoms. The van der Waals surface area contributed by atoms with Crippen LogP contribution in [0.5, 0.6) is 5.75 Å². The molecule has 1 amide bonds. The maximum absolute atomic E-state index is 12.1. The summed E-state index contributed by atoms with van der Waals surface area (Å²) in [5.74, 6) is 0.547. The Morgan fingerprint density at radius 3 is 2.30 bits per heavy atom. The van der Waals surface area contributed by atoms with Crippen molar-refractivity contribution in [2.45, 2.75) is 41.5 Å². The van der Waals surface area contributed by atoms with Crippen molar-refractivity contribution in [3.05, 3.63) is 23.2 Å². The number of carbonyl (C=O) groups excluding carboxylic acids is 1. The molecule has 0 aliphatic carbocycles. The van der Waals surface area contributed by atoms with E-state index in [2.05, 4.69) is 26.1 Å². The van der Waals surface area contributed by atoms with Gasteiger partial charge in [0.15, 0.2) is 0 Å². The summed E-state index contributed by atoms with van der Waals surface area (Å²) in [4.78, 5) is 12.1. The largest absolute Gasteiger partial charge is 0.491 e. The quantitative estimate of drug-likeness (QED) is 0.874. The lowest BCUT2D eigenvalue weighted by molar-refractivity contribution is -0.123. The molecule has 1 aromatic carbocycles. The molecule has 0 heterocycles. The molecule has 0 aromatic heterocycles. The maximum Gasteiger partial charge on any atom is 0.229 e. The Labute approximate surface area is 126 Å². The van der Waals surface area contributed by atoms with Crippen LogP contribution in [0.4, 0.5) is 5.69 Å². The van der Waals surface area contributed by atoms with E-state index in [0.717, 1.165) is 0 Å². The number of amides is 1. The molecule has 3 nitrogen and oxygen atoms in total. The minimum atomic E-state index is -0.457. The SMILES string of the molecule is CC(C)(C)COc1cc(Cl)ccc1NC(=O)C(C)(C)C. The lowest BCUT2D eigenvalue weighted by Gasteiger charge is -2.22. The molecule has 1 aromatic rings. The molecule has 0 aliphatic heterocycles. The molecule has 0 aliphatic rings. The fraction of sp³-hybridized carbons (Fsp3) is 0.562. The van der Waals surface area contributed by atoms with Gasteiger partial charge in [0.1, 0.15) is 5.75 Å². The first-order valence-electron chi connectivity index (χ1n) is 6.73. The number of rotatable bonds is 3. The molecular weight excluding hydrogens is 274 g/mol. The molecule has 1 N–H and O–H groups in total. The number of nitrogens with one attached hydrogen (secondary N) is 1. The Hall–Kier alpha value is -1.22. The zero-order chi connectivity index (χ0) is 15.6. The summed E-state index contributed by atoms with van der Waals surface area (Å²) in [6, 6.07) is 5.24. The molecule has 0 fully saturated rings. The Balaban J connectivity index is 2.93. The van der Waals surface area contributed by atoms with Gasteiger partial charge in [0, 0.05) is 16.5 Å². The lowest BCUT2D eigenvalue weighted by Crippen LogP contribution is -2.28. The normalized spacial score (nSPS) is 12.2. The second-order valence-electron chi connectivity index (χ2n) is 7.19. The van der Waals surface area contributed by atoms with Crippen molar-refractivity contribution in [1.82, 2.24) is 0 Å². The van der Waals surface area contributed by atoms with Crippen LogP contribution in [0.3, 0.4) is 0 Å².